The van der Waals surface area contributed by atoms with Gasteiger partial charge in [0.1, 0.15) is 6.61 Å². The second-order valence-electron chi connectivity index (χ2n) is 2.30. The van der Waals surface area contributed by atoms with E-state index < -0.39 is 23.9 Å². The molecule has 7 heteroatoms. The van der Waals surface area contributed by atoms with Crippen molar-refractivity contribution in [1.29, 1.82) is 0 Å². The standard InChI is InChI=1S/C7H11NO5.ClH/c1-4(9)12-3-6(7(8)11)13-5(2)10;/h6H,3H2,1-2H3,(H2,8,11);1H. The zero-order valence-corrected chi connectivity index (χ0v) is 8.63. The third-order valence-corrected chi connectivity index (χ3v) is 1.06. The molecule has 0 saturated carbocycles. The van der Waals surface area contributed by atoms with Gasteiger partial charge < -0.3 is 15.2 Å². The van der Waals surface area contributed by atoms with Crippen LogP contribution in [0.4, 0.5) is 0 Å². The number of ether oxygens (including phenoxy) is 2. The van der Waals surface area contributed by atoms with Gasteiger partial charge in [-0.1, -0.05) is 0 Å². The van der Waals surface area contributed by atoms with Gasteiger partial charge in [-0.2, -0.15) is 0 Å². The Balaban J connectivity index is 0. The number of hydrogen-bond donors (Lipinski definition) is 1. The Morgan fingerprint density at radius 2 is 1.71 bits per heavy atom. The van der Waals surface area contributed by atoms with E-state index in [0.29, 0.717) is 0 Å². The van der Waals surface area contributed by atoms with E-state index in [-0.39, 0.29) is 19.0 Å². The van der Waals surface area contributed by atoms with Gasteiger partial charge in [0.15, 0.2) is 0 Å². The Morgan fingerprint density at radius 1 is 1.21 bits per heavy atom. The average molecular weight is 226 g/mol. The quantitative estimate of drug-likeness (QED) is 0.644. The van der Waals surface area contributed by atoms with Gasteiger partial charge in [-0.25, -0.2) is 0 Å². The first-order valence-corrected chi connectivity index (χ1v) is 3.53. The zero-order chi connectivity index (χ0) is 10.4. The maximum absolute atomic E-state index is 10.6. The number of primary amides is 1. The molecule has 0 aliphatic carbocycles. The summed E-state index contributed by atoms with van der Waals surface area (Å²) in [6.07, 6.45) is -1.21. The highest BCUT2D eigenvalue weighted by atomic mass is 35.5. The fraction of sp³-hybridized carbons (Fsp3) is 0.571. The van der Waals surface area contributed by atoms with Crippen molar-refractivity contribution in [2.45, 2.75) is 20.0 Å². The van der Waals surface area contributed by atoms with Gasteiger partial charge in [-0.3, -0.25) is 14.4 Å². The molecular weight excluding hydrogens is 214 g/mol. The van der Waals surface area contributed by atoms with Crippen molar-refractivity contribution < 1.29 is 23.9 Å². The summed E-state index contributed by atoms with van der Waals surface area (Å²) in [5.41, 5.74) is 4.86. The summed E-state index contributed by atoms with van der Waals surface area (Å²) in [6, 6.07) is 0. The number of nitrogens with two attached hydrogens (primary N) is 1. The van der Waals surface area contributed by atoms with Crippen LogP contribution in [0.2, 0.25) is 0 Å². The summed E-state index contributed by atoms with van der Waals surface area (Å²) < 4.78 is 8.92. The van der Waals surface area contributed by atoms with Crippen molar-refractivity contribution in [3.8, 4) is 0 Å². The fourth-order valence-corrected chi connectivity index (χ4v) is 0.568. The van der Waals surface area contributed by atoms with Gasteiger partial charge >= 0.3 is 11.9 Å². The molecule has 14 heavy (non-hydrogen) atoms. The van der Waals surface area contributed by atoms with E-state index in [2.05, 4.69) is 9.47 Å². The largest absolute Gasteiger partial charge is 0.461 e. The van der Waals surface area contributed by atoms with Crippen molar-refractivity contribution in [2.24, 2.45) is 5.73 Å². The summed E-state index contributed by atoms with van der Waals surface area (Å²) in [7, 11) is 0. The van der Waals surface area contributed by atoms with E-state index in [9.17, 15) is 14.4 Å². The number of carbonyl (C=O) groups is 3. The van der Waals surface area contributed by atoms with E-state index in [1.165, 1.54) is 6.92 Å². The highest BCUT2D eigenvalue weighted by molar-refractivity contribution is 5.85. The molecule has 0 aliphatic rings. The molecule has 0 radical (unpaired) electrons. The van der Waals surface area contributed by atoms with Crippen LogP contribution in [0.3, 0.4) is 0 Å². The lowest BCUT2D eigenvalue weighted by Gasteiger charge is -2.12. The topological polar surface area (TPSA) is 95.7 Å². The molecule has 0 aromatic heterocycles. The maximum atomic E-state index is 10.6. The average Bonchev–Trinajstić information content (AvgIpc) is 1.96. The molecule has 0 aromatic carbocycles. The Kier molecular flexibility index (Phi) is 7.74. The number of rotatable bonds is 4. The summed E-state index contributed by atoms with van der Waals surface area (Å²) in [6.45, 7) is 1.96. The number of carbonyl (C=O) groups excluding carboxylic acids is 3. The third-order valence-electron chi connectivity index (χ3n) is 1.06. The van der Waals surface area contributed by atoms with E-state index in [1.807, 2.05) is 0 Å². The van der Waals surface area contributed by atoms with E-state index in [0.717, 1.165) is 6.92 Å². The molecule has 1 amide bonds. The molecule has 0 aromatic rings. The van der Waals surface area contributed by atoms with Crippen LogP contribution in [0.25, 0.3) is 0 Å². The van der Waals surface area contributed by atoms with E-state index in [1.54, 1.807) is 0 Å². The lowest BCUT2D eigenvalue weighted by atomic mass is 10.3. The minimum atomic E-state index is -1.21. The van der Waals surface area contributed by atoms with E-state index >= 15 is 0 Å². The molecule has 6 nitrogen and oxygen atoms in total. The first-order chi connectivity index (χ1) is 5.93. The minimum Gasteiger partial charge on any atom is -0.461 e. The molecule has 0 spiro atoms. The number of amides is 1. The fourth-order valence-electron chi connectivity index (χ4n) is 0.568. The summed E-state index contributed by atoms with van der Waals surface area (Å²) in [5, 5.41) is 0. The Hall–Kier alpha value is -1.30. The molecule has 0 aliphatic heterocycles. The Labute approximate surface area is 87.1 Å². The van der Waals surface area contributed by atoms with Crippen molar-refractivity contribution in [1.82, 2.24) is 0 Å². The summed E-state index contributed by atoms with van der Waals surface area (Å²) in [5.74, 6) is -2.08. The first kappa shape index (κ1) is 15.2. The van der Waals surface area contributed by atoms with Crippen LogP contribution in [0.1, 0.15) is 13.8 Å². The molecular formula is C7H12ClNO5. The van der Waals surface area contributed by atoms with Crippen molar-refractivity contribution in [3.63, 3.8) is 0 Å². The van der Waals surface area contributed by atoms with Crippen molar-refractivity contribution in [2.75, 3.05) is 6.61 Å². The second-order valence-corrected chi connectivity index (χ2v) is 2.30. The van der Waals surface area contributed by atoms with Gasteiger partial charge in [0.2, 0.25) is 6.10 Å². The molecule has 82 valence electrons. The number of esters is 2. The van der Waals surface area contributed by atoms with E-state index in [4.69, 9.17) is 5.73 Å². The third kappa shape index (κ3) is 7.35. The Bertz CT molecular complexity index is 230. The molecule has 0 fully saturated rings. The van der Waals surface area contributed by atoms with Crippen LogP contribution in [0.15, 0.2) is 0 Å². The molecule has 1 unspecified atom stereocenters. The zero-order valence-electron chi connectivity index (χ0n) is 7.81. The van der Waals surface area contributed by atoms with Crippen molar-refractivity contribution in [3.05, 3.63) is 0 Å². The molecule has 0 saturated heterocycles. The second kappa shape index (κ2) is 7.14. The van der Waals surface area contributed by atoms with Gasteiger partial charge in [-0.15, -0.1) is 12.4 Å². The normalized spacial score (nSPS) is 10.7. The van der Waals surface area contributed by atoms with Crippen LogP contribution < -0.4 is 5.73 Å². The lowest BCUT2D eigenvalue weighted by molar-refractivity contribution is -0.160. The predicted octanol–water partition coefficient (Wildman–Crippen LogP) is -0.612. The Morgan fingerprint density at radius 3 is 2.00 bits per heavy atom. The highest BCUT2D eigenvalue weighted by Crippen LogP contribution is 1.93. The smallest absolute Gasteiger partial charge is 0.303 e. The molecule has 0 heterocycles. The minimum absolute atomic E-state index is 0. The molecule has 2 N–H and O–H groups in total. The van der Waals surface area contributed by atoms with Crippen molar-refractivity contribution >= 4 is 30.3 Å². The number of halogens is 1. The molecule has 1 atom stereocenters. The highest BCUT2D eigenvalue weighted by Gasteiger charge is 2.19. The predicted molar refractivity (Wildman–Crippen MR) is 48.6 cm³/mol. The van der Waals surface area contributed by atoms with Crippen LogP contribution in [-0.4, -0.2) is 30.6 Å². The monoisotopic (exact) mass is 225 g/mol. The molecule has 0 rings (SSSR count). The maximum Gasteiger partial charge on any atom is 0.303 e. The van der Waals surface area contributed by atoms with Crippen LogP contribution >= 0.6 is 12.4 Å². The van der Waals surface area contributed by atoms with Crippen LogP contribution in [-0.2, 0) is 23.9 Å². The van der Waals surface area contributed by atoms with Gasteiger partial charge in [0, 0.05) is 13.8 Å². The van der Waals surface area contributed by atoms with Crippen LogP contribution in [0, 0.1) is 0 Å². The summed E-state index contributed by atoms with van der Waals surface area (Å²) in [4.78, 5) is 31.4. The van der Waals surface area contributed by atoms with Gasteiger partial charge in [-0.05, 0) is 0 Å². The van der Waals surface area contributed by atoms with Crippen LogP contribution in [0.5, 0.6) is 0 Å². The number of hydrogen-bond acceptors (Lipinski definition) is 5. The summed E-state index contributed by atoms with van der Waals surface area (Å²) >= 11 is 0. The SMILES string of the molecule is CC(=O)OCC(OC(C)=O)C(N)=O.Cl. The van der Waals surface area contributed by atoms with Gasteiger partial charge in [0.25, 0.3) is 5.91 Å². The first-order valence-electron chi connectivity index (χ1n) is 3.53. The van der Waals surface area contributed by atoms with Gasteiger partial charge in [0.05, 0.1) is 0 Å². The molecule has 0 bridgehead atoms. The lowest BCUT2D eigenvalue weighted by Crippen LogP contribution is -2.36.